The number of rotatable bonds is 7. The molecule has 0 fully saturated rings. The number of hydrogen-bond donors (Lipinski definition) is 2. The molecule has 6 heteroatoms. The first-order valence-electron chi connectivity index (χ1n) is 5.37. The molecule has 5 nitrogen and oxygen atoms in total. The summed E-state index contributed by atoms with van der Waals surface area (Å²) in [4.78, 5) is 0.186. The lowest BCUT2D eigenvalue weighted by Gasteiger charge is -2.07. The second-order valence-electron chi connectivity index (χ2n) is 3.40. The zero-order valence-electron chi connectivity index (χ0n) is 9.72. The Labute approximate surface area is 101 Å². The first-order chi connectivity index (χ1) is 8.10. The molecule has 1 aromatic rings. The Morgan fingerprint density at radius 2 is 1.94 bits per heavy atom. The van der Waals surface area contributed by atoms with Gasteiger partial charge in [0.05, 0.1) is 18.1 Å². The van der Waals surface area contributed by atoms with E-state index in [1.54, 1.807) is 12.1 Å². The van der Waals surface area contributed by atoms with Crippen LogP contribution in [0.15, 0.2) is 29.2 Å². The minimum atomic E-state index is -3.48. The Balaban J connectivity index is 2.62. The summed E-state index contributed by atoms with van der Waals surface area (Å²) < 4.78 is 31.0. The summed E-state index contributed by atoms with van der Waals surface area (Å²) in [5.74, 6) is 0. The van der Waals surface area contributed by atoms with Gasteiger partial charge in [-0.2, -0.15) is 0 Å². The number of sulfonamides is 1. The van der Waals surface area contributed by atoms with Crippen LogP contribution < -0.4 is 4.72 Å². The average molecular weight is 259 g/mol. The SMILES string of the molecule is CCOCCNS(=O)(=O)c1ccc(CO)cc1. The molecule has 0 radical (unpaired) electrons. The van der Waals surface area contributed by atoms with Crippen LogP contribution in [0.3, 0.4) is 0 Å². The summed E-state index contributed by atoms with van der Waals surface area (Å²) in [7, 11) is -3.48. The molecule has 0 aliphatic rings. The first kappa shape index (κ1) is 14.1. The van der Waals surface area contributed by atoms with Crippen molar-refractivity contribution >= 4 is 10.0 Å². The van der Waals surface area contributed by atoms with Crippen molar-refractivity contribution in [1.82, 2.24) is 4.72 Å². The summed E-state index contributed by atoms with van der Waals surface area (Å²) in [6, 6.07) is 6.09. The van der Waals surface area contributed by atoms with E-state index in [2.05, 4.69) is 4.72 Å². The molecule has 1 aromatic carbocycles. The molecule has 0 atom stereocenters. The van der Waals surface area contributed by atoms with E-state index in [1.807, 2.05) is 6.92 Å². The third kappa shape index (κ3) is 4.43. The molecule has 0 spiro atoms. The fourth-order valence-electron chi connectivity index (χ4n) is 1.25. The third-order valence-electron chi connectivity index (χ3n) is 2.16. The predicted molar refractivity (Wildman–Crippen MR) is 64.0 cm³/mol. The average Bonchev–Trinajstić information content (AvgIpc) is 2.35. The fourth-order valence-corrected chi connectivity index (χ4v) is 2.26. The van der Waals surface area contributed by atoms with E-state index < -0.39 is 10.0 Å². The Morgan fingerprint density at radius 3 is 2.47 bits per heavy atom. The van der Waals surface area contributed by atoms with Crippen molar-refractivity contribution in [3.05, 3.63) is 29.8 Å². The highest BCUT2D eigenvalue weighted by molar-refractivity contribution is 7.89. The second kappa shape index (κ2) is 6.70. The van der Waals surface area contributed by atoms with Gasteiger partial charge in [0, 0.05) is 13.2 Å². The van der Waals surface area contributed by atoms with Crippen molar-refractivity contribution in [3.8, 4) is 0 Å². The Morgan fingerprint density at radius 1 is 1.29 bits per heavy atom. The number of aliphatic hydroxyl groups is 1. The van der Waals surface area contributed by atoms with E-state index in [0.717, 1.165) is 0 Å². The first-order valence-corrected chi connectivity index (χ1v) is 6.85. The number of nitrogens with one attached hydrogen (secondary N) is 1. The van der Waals surface area contributed by atoms with Crippen LogP contribution in [0.5, 0.6) is 0 Å². The molecular weight excluding hydrogens is 242 g/mol. The van der Waals surface area contributed by atoms with Crippen LogP contribution in [0, 0.1) is 0 Å². The summed E-state index contributed by atoms with van der Waals surface area (Å²) in [5.41, 5.74) is 0.679. The Bertz CT molecular complexity index is 427. The van der Waals surface area contributed by atoms with E-state index in [9.17, 15) is 8.42 Å². The number of hydrogen-bond acceptors (Lipinski definition) is 4. The van der Waals surface area contributed by atoms with Crippen LogP contribution >= 0.6 is 0 Å². The van der Waals surface area contributed by atoms with Crippen LogP contribution in [-0.4, -0.2) is 33.3 Å². The predicted octanol–water partition coefficient (Wildman–Crippen LogP) is 0.494. The van der Waals surface area contributed by atoms with Gasteiger partial charge in [-0.1, -0.05) is 12.1 Å². The fraction of sp³-hybridized carbons (Fsp3) is 0.455. The monoisotopic (exact) mass is 259 g/mol. The highest BCUT2D eigenvalue weighted by Gasteiger charge is 2.12. The van der Waals surface area contributed by atoms with Crippen molar-refractivity contribution in [1.29, 1.82) is 0 Å². The Hall–Kier alpha value is -0.950. The van der Waals surface area contributed by atoms with Gasteiger partial charge in [0.2, 0.25) is 10.0 Å². The van der Waals surface area contributed by atoms with Crippen molar-refractivity contribution in [2.24, 2.45) is 0 Å². The van der Waals surface area contributed by atoms with Crippen molar-refractivity contribution in [2.75, 3.05) is 19.8 Å². The molecule has 0 amide bonds. The van der Waals surface area contributed by atoms with Gasteiger partial charge < -0.3 is 9.84 Å². The normalized spacial score (nSPS) is 11.6. The molecule has 0 saturated carbocycles. The summed E-state index contributed by atoms with van der Waals surface area (Å²) in [5, 5.41) is 8.85. The Kier molecular flexibility index (Phi) is 5.57. The zero-order valence-corrected chi connectivity index (χ0v) is 10.5. The summed E-state index contributed by atoms with van der Waals surface area (Å²) in [6.07, 6.45) is 0. The maximum atomic E-state index is 11.8. The molecule has 0 saturated heterocycles. The van der Waals surface area contributed by atoms with Crippen molar-refractivity contribution in [3.63, 3.8) is 0 Å². The molecule has 96 valence electrons. The van der Waals surface area contributed by atoms with Gasteiger partial charge in [-0.3, -0.25) is 0 Å². The van der Waals surface area contributed by atoms with Crippen LogP contribution in [0.2, 0.25) is 0 Å². The zero-order chi connectivity index (χ0) is 12.7. The maximum absolute atomic E-state index is 11.8. The van der Waals surface area contributed by atoms with Gasteiger partial charge in [0.15, 0.2) is 0 Å². The highest BCUT2D eigenvalue weighted by Crippen LogP contribution is 2.10. The van der Waals surface area contributed by atoms with Gasteiger partial charge in [-0.25, -0.2) is 13.1 Å². The van der Waals surface area contributed by atoms with Crippen molar-refractivity contribution in [2.45, 2.75) is 18.4 Å². The van der Waals surface area contributed by atoms with Crippen LogP contribution in [0.4, 0.5) is 0 Å². The van der Waals surface area contributed by atoms with Gasteiger partial charge in [-0.15, -0.1) is 0 Å². The molecule has 0 heterocycles. The molecular formula is C11H17NO4S. The van der Waals surface area contributed by atoms with E-state index in [4.69, 9.17) is 9.84 Å². The van der Waals surface area contributed by atoms with Crippen LogP contribution in [0.25, 0.3) is 0 Å². The van der Waals surface area contributed by atoms with Gasteiger partial charge in [0.1, 0.15) is 0 Å². The van der Waals surface area contributed by atoms with E-state index in [0.29, 0.717) is 18.8 Å². The van der Waals surface area contributed by atoms with Crippen LogP contribution in [0.1, 0.15) is 12.5 Å². The lowest BCUT2D eigenvalue weighted by molar-refractivity contribution is 0.153. The van der Waals surface area contributed by atoms with Crippen LogP contribution in [-0.2, 0) is 21.4 Å². The smallest absolute Gasteiger partial charge is 0.240 e. The van der Waals surface area contributed by atoms with Gasteiger partial charge >= 0.3 is 0 Å². The summed E-state index contributed by atoms with van der Waals surface area (Å²) in [6.45, 7) is 2.91. The lowest BCUT2D eigenvalue weighted by atomic mass is 10.2. The summed E-state index contributed by atoms with van der Waals surface area (Å²) >= 11 is 0. The molecule has 0 unspecified atom stereocenters. The lowest BCUT2D eigenvalue weighted by Crippen LogP contribution is -2.27. The van der Waals surface area contributed by atoms with Gasteiger partial charge in [0.25, 0.3) is 0 Å². The minimum Gasteiger partial charge on any atom is -0.392 e. The van der Waals surface area contributed by atoms with E-state index in [-0.39, 0.29) is 18.0 Å². The van der Waals surface area contributed by atoms with Gasteiger partial charge in [-0.05, 0) is 24.6 Å². The number of ether oxygens (including phenoxy) is 1. The largest absolute Gasteiger partial charge is 0.392 e. The molecule has 0 aliphatic heterocycles. The molecule has 0 aliphatic carbocycles. The molecule has 1 rings (SSSR count). The second-order valence-corrected chi connectivity index (χ2v) is 5.16. The van der Waals surface area contributed by atoms with E-state index >= 15 is 0 Å². The third-order valence-corrected chi connectivity index (χ3v) is 3.64. The molecule has 17 heavy (non-hydrogen) atoms. The van der Waals surface area contributed by atoms with Crippen molar-refractivity contribution < 1.29 is 18.3 Å². The minimum absolute atomic E-state index is 0.0991. The maximum Gasteiger partial charge on any atom is 0.240 e. The highest BCUT2D eigenvalue weighted by atomic mass is 32.2. The van der Waals surface area contributed by atoms with E-state index in [1.165, 1.54) is 12.1 Å². The standard InChI is InChI=1S/C11H17NO4S/c1-2-16-8-7-12-17(14,15)11-5-3-10(9-13)4-6-11/h3-6,12-13H,2,7-9H2,1H3. The quantitative estimate of drug-likeness (QED) is 0.699. The molecule has 0 bridgehead atoms. The topological polar surface area (TPSA) is 75.6 Å². The number of aliphatic hydroxyl groups excluding tert-OH is 1. The molecule has 0 aromatic heterocycles. The molecule has 2 N–H and O–H groups in total. The number of benzene rings is 1.